The van der Waals surface area contributed by atoms with E-state index in [0.717, 1.165) is 38.9 Å². The smallest absolute Gasteiger partial charge is 0.354 e. The lowest BCUT2D eigenvalue weighted by Crippen LogP contribution is -2.39. The third-order valence-electron chi connectivity index (χ3n) is 9.24. The normalized spacial score (nSPS) is 11.8. The van der Waals surface area contributed by atoms with Gasteiger partial charge in [0, 0.05) is 12.1 Å². The molecule has 0 radical (unpaired) electrons. The summed E-state index contributed by atoms with van der Waals surface area (Å²) in [6.07, 6.45) is 1.94. The molecule has 2 N–H and O–H groups in total. The minimum absolute atomic E-state index is 0.00320. The van der Waals surface area contributed by atoms with Crippen LogP contribution in [-0.2, 0) is 23.4 Å². The maximum Gasteiger partial charge on any atom is 0.354 e. The van der Waals surface area contributed by atoms with Crippen LogP contribution < -0.4 is 0 Å². The largest absolute Gasteiger partial charge is 0.477 e. The predicted molar refractivity (Wildman–Crippen MR) is 204 cm³/mol. The summed E-state index contributed by atoms with van der Waals surface area (Å²) in [7, 11) is 0. The third-order valence-corrected chi connectivity index (χ3v) is 9.78. The Morgan fingerprint density at radius 2 is 1.25 bits per heavy atom. The molecule has 0 saturated heterocycles. The monoisotopic (exact) mass is 706 g/mol. The van der Waals surface area contributed by atoms with Gasteiger partial charge in [0.2, 0.25) is 0 Å². The van der Waals surface area contributed by atoms with Gasteiger partial charge in [-0.2, -0.15) is 11.8 Å². The van der Waals surface area contributed by atoms with Crippen LogP contribution in [-0.4, -0.2) is 52.2 Å². The molecule has 2 aromatic heterocycles. The molecule has 0 saturated carbocycles. The highest BCUT2D eigenvalue weighted by Gasteiger charge is 2.42. The van der Waals surface area contributed by atoms with Gasteiger partial charge in [-0.05, 0) is 63.9 Å². The number of aromatic nitrogens is 6. The van der Waals surface area contributed by atoms with E-state index in [9.17, 15) is 15.0 Å². The summed E-state index contributed by atoms with van der Waals surface area (Å²) in [4.78, 5) is 17.0. The van der Waals surface area contributed by atoms with Gasteiger partial charge < -0.3 is 14.8 Å². The van der Waals surface area contributed by atoms with Crippen LogP contribution >= 0.6 is 11.8 Å². The summed E-state index contributed by atoms with van der Waals surface area (Å²) in [6.45, 7) is 3.40. The Kier molecular flexibility index (Phi) is 9.59. The summed E-state index contributed by atoms with van der Waals surface area (Å²) < 4.78 is 3.62. The Labute approximate surface area is 306 Å². The lowest BCUT2D eigenvalue weighted by Gasteiger charge is -2.36. The molecule has 10 heteroatoms. The number of imidazole rings is 1. The maximum atomic E-state index is 12.5. The number of thioether (sulfide) groups is 1. The Morgan fingerprint density at radius 3 is 1.75 bits per heavy atom. The second-order valence-corrected chi connectivity index (χ2v) is 13.9. The zero-order chi connectivity index (χ0) is 36.3. The molecule has 5 aromatic carbocycles. The quantitative estimate of drug-likeness (QED) is 0.123. The first-order valence-electron chi connectivity index (χ1n) is 16.9. The van der Waals surface area contributed by atoms with Gasteiger partial charge in [-0.15, -0.1) is 5.10 Å². The van der Waals surface area contributed by atoms with Gasteiger partial charge >= 0.3 is 5.97 Å². The predicted octanol–water partition coefficient (Wildman–Crippen LogP) is 7.88. The summed E-state index contributed by atoms with van der Waals surface area (Å²) >= 11 is 1.55. The molecule has 0 aliphatic rings. The van der Waals surface area contributed by atoms with Crippen LogP contribution in [0, 0.1) is 0 Å². The second-order valence-electron chi connectivity index (χ2n) is 13.1. The molecule has 0 bridgehead atoms. The topological polar surface area (TPSA) is 119 Å². The van der Waals surface area contributed by atoms with Crippen molar-refractivity contribution >= 4 is 17.7 Å². The van der Waals surface area contributed by atoms with Crippen molar-refractivity contribution in [1.29, 1.82) is 0 Å². The molecule has 0 spiro atoms. The Morgan fingerprint density at radius 1 is 0.731 bits per heavy atom. The average Bonchev–Trinajstić information content (AvgIpc) is 3.80. The van der Waals surface area contributed by atoms with E-state index in [0.29, 0.717) is 17.4 Å². The Hall–Kier alpha value is -5.84. The molecule has 260 valence electrons. The number of carboxylic acid groups (broad SMARTS) is 1. The first kappa shape index (κ1) is 34.6. The van der Waals surface area contributed by atoms with Crippen molar-refractivity contribution in [2.75, 3.05) is 6.26 Å². The van der Waals surface area contributed by atoms with Gasteiger partial charge in [0.05, 0.1) is 5.75 Å². The van der Waals surface area contributed by atoms with E-state index < -0.39 is 17.1 Å². The molecular formula is C42H38N6O3S. The second kappa shape index (κ2) is 14.4. The first-order valence-corrected chi connectivity index (χ1v) is 18.3. The van der Waals surface area contributed by atoms with Crippen LogP contribution in [0.25, 0.3) is 22.5 Å². The molecule has 9 nitrogen and oxygen atoms in total. The standard InChI is InChI=1S/C42H38N6O3S/c1-41(2,51)38-37(40(49)50)47(36(43-38)28-52-3)27-29-23-25-30(26-24-29)34-21-13-14-22-35(34)39-44-45-46-48(39)42(31-15-7-4-8-16-31,32-17-9-5-10-18-32)33-19-11-6-12-20-33/h4-26,51H,27-28H2,1-3H3,(H,49,50). The molecular weight excluding hydrogens is 669 g/mol. The number of hydrogen-bond acceptors (Lipinski definition) is 7. The molecule has 0 fully saturated rings. The minimum Gasteiger partial charge on any atom is -0.477 e. The maximum absolute atomic E-state index is 12.5. The number of carboxylic acids is 1. The van der Waals surface area contributed by atoms with Crippen LogP contribution in [0.4, 0.5) is 0 Å². The first-order chi connectivity index (χ1) is 25.2. The van der Waals surface area contributed by atoms with Gasteiger partial charge in [-0.3, -0.25) is 0 Å². The van der Waals surface area contributed by atoms with Crippen molar-refractivity contribution in [2.45, 2.75) is 37.3 Å². The minimum atomic E-state index is -1.41. The van der Waals surface area contributed by atoms with E-state index in [4.69, 9.17) is 5.21 Å². The summed E-state index contributed by atoms with van der Waals surface area (Å²) in [6, 6.07) is 47.0. The van der Waals surface area contributed by atoms with Gasteiger partial charge in [0.25, 0.3) is 0 Å². The van der Waals surface area contributed by atoms with Gasteiger partial charge in [0.1, 0.15) is 22.7 Å². The number of carbonyl (C=O) groups is 1. The van der Waals surface area contributed by atoms with Crippen LogP contribution in [0.3, 0.4) is 0 Å². The van der Waals surface area contributed by atoms with Crippen molar-refractivity contribution in [2.24, 2.45) is 0 Å². The highest BCUT2D eigenvalue weighted by atomic mass is 32.2. The zero-order valence-electron chi connectivity index (χ0n) is 29.1. The molecule has 0 unspecified atom stereocenters. The van der Waals surface area contributed by atoms with Crippen LogP contribution in [0.1, 0.15) is 58.1 Å². The van der Waals surface area contributed by atoms with Crippen molar-refractivity contribution in [3.8, 4) is 22.5 Å². The number of hydrogen-bond donors (Lipinski definition) is 2. The van der Waals surface area contributed by atoms with E-state index in [1.165, 1.54) is 0 Å². The Balaban J connectivity index is 1.34. The lowest BCUT2D eigenvalue weighted by atomic mass is 9.77. The third kappa shape index (κ3) is 6.31. The lowest BCUT2D eigenvalue weighted by molar-refractivity contribution is 0.0602. The fourth-order valence-corrected chi connectivity index (χ4v) is 7.42. The zero-order valence-corrected chi connectivity index (χ0v) is 29.9. The number of tetrazole rings is 1. The van der Waals surface area contributed by atoms with Crippen LogP contribution in [0.15, 0.2) is 140 Å². The molecule has 0 atom stereocenters. The summed E-state index contributed by atoms with van der Waals surface area (Å²) in [5.74, 6) is 0.578. The fourth-order valence-electron chi connectivity index (χ4n) is 6.94. The molecule has 2 heterocycles. The van der Waals surface area contributed by atoms with Gasteiger partial charge in [-0.1, -0.05) is 140 Å². The average molecular weight is 707 g/mol. The summed E-state index contributed by atoms with van der Waals surface area (Å²) in [5, 5.41) is 34.6. The molecule has 52 heavy (non-hydrogen) atoms. The van der Waals surface area contributed by atoms with E-state index in [2.05, 4.69) is 57.8 Å². The Bertz CT molecular complexity index is 2200. The molecule has 7 rings (SSSR count). The number of rotatable bonds is 12. The van der Waals surface area contributed by atoms with Crippen LogP contribution in [0.2, 0.25) is 0 Å². The number of aromatic carboxylic acids is 1. The van der Waals surface area contributed by atoms with Crippen LogP contribution in [0.5, 0.6) is 0 Å². The van der Waals surface area contributed by atoms with E-state index in [-0.39, 0.29) is 17.9 Å². The molecule has 0 amide bonds. The molecule has 0 aliphatic heterocycles. The van der Waals surface area contributed by atoms with E-state index >= 15 is 0 Å². The van der Waals surface area contributed by atoms with Crippen molar-refractivity contribution in [1.82, 2.24) is 29.8 Å². The van der Waals surface area contributed by atoms with Gasteiger partial charge in [-0.25, -0.2) is 14.5 Å². The highest BCUT2D eigenvalue weighted by Crippen LogP contribution is 2.43. The highest BCUT2D eigenvalue weighted by molar-refractivity contribution is 7.97. The van der Waals surface area contributed by atoms with Crippen molar-refractivity contribution < 1.29 is 15.0 Å². The summed E-state index contributed by atoms with van der Waals surface area (Å²) in [5.41, 5.74) is 4.51. The molecule has 0 aliphatic carbocycles. The van der Waals surface area contributed by atoms with E-state index in [1.807, 2.05) is 108 Å². The number of benzene rings is 5. The van der Waals surface area contributed by atoms with Crippen molar-refractivity contribution in [3.05, 3.63) is 179 Å². The number of nitrogens with zero attached hydrogens (tertiary/aromatic N) is 6. The van der Waals surface area contributed by atoms with Crippen molar-refractivity contribution in [3.63, 3.8) is 0 Å². The molecule has 7 aromatic rings. The number of aliphatic hydroxyl groups is 1. The van der Waals surface area contributed by atoms with E-state index in [1.54, 1.807) is 30.2 Å². The SMILES string of the molecule is CSCc1nc(C(C)(C)O)c(C(=O)O)n1Cc1ccc(-c2ccccc2-c2nnnn2C(c2ccccc2)(c2ccccc2)c2ccccc2)cc1. The fraction of sp³-hybridized carbons (Fsp3) is 0.167. The van der Waals surface area contributed by atoms with Gasteiger partial charge in [0.15, 0.2) is 11.5 Å².